The molecule has 0 aromatic carbocycles. The van der Waals surface area contributed by atoms with Crippen molar-refractivity contribution in [3.63, 3.8) is 0 Å². The van der Waals surface area contributed by atoms with E-state index < -0.39 is 0 Å². The summed E-state index contributed by atoms with van der Waals surface area (Å²) in [5.41, 5.74) is 1.61. The molecule has 106 valence electrons. The third-order valence-corrected chi connectivity index (χ3v) is 3.24. The molecule has 1 unspecified atom stereocenters. The zero-order chi connectivity index (χ0) is 14.7. The molecular formula is C14H19N5O. The van der Waals surface area contributed by atoms with Crippen LogP contribution in [0.15, 0.2) is 24.8 Å². The molecule has 0 radical (unpaired) electrons. The first kappa shape index (κ1) is 14.2. The van der Waals surface area contributed by atoms with Gasteiger partial charge < -0.3 is 5.32 Å². The van der Waals surface area contributed by atoms with Gasteiger partial charge in [0.15, 0.2) is 11.5 Å². The van der Waals surface area contributed by atoms with Crippen LogP contribution in [0, 0.1) is 12.8 Å². The van der Waals surface area contributed by atoms with E-state index >= 15 is 0 Å². The van der Waals surface area contributed by atoms with Gasteiger partial charge in [-0.15, -0.1) is 10.2 Å². The van der Waals surface area contributed by atoms with Crippen molar-refractivity contribution in [1.29, 1.82) is 0 Å². The van der Waals surface area contributed by atoms with Gasteiger partial charge in [0.25, 0.3) is 0 Å². The molecule has 0 fully saturated rings. The molecule has 2 aromatic rings. The lowest BCUT2D eigenvalue weighted by atomic mass is 9.95. The second-order valence-corrected chi connectivity index (χ2v) is 5.10. The van der Waals surface area contributed by atoms with E-state index in [4.69, 9.17) is 0 Å². The van der Waals surface area contributed by atoms with Crippen LogP contribution in [0.2, 0.25) is 0 Å². The summed E-state index contributed by atoms with van der Waals surface area (Å²) in [6, 6.07) is 3.79. The summed E-state index contributed by atoms with van der Waals surface area (Å²) in [4.78, 5) is 11.3. The van der Waals surface area contributed by atoms with E-state index in [2.05, 4.69) is 41.0 Å². The van der Waals surface area contributed by atoms with E-state index in [0.29, 0.717) is 18.1 Å². The van der Waals surface area contributed by atoms with E-state index in [1.807, 2.05) is 19.1 Å². The Balaban J connectivity index is 2.34. The van der Waals surface area contributed by atoms with Crippen molar-refractivity contribution in [2.45, 2.75) is 26.7 Å². The predicted molar refractivity (Wildman–Crippen MR) is 76.3 cm³/mol. The van der Waals surface area contributed by atoms with Crippen LogP contribution in [0.4, 0.5) is 0 Å². The lowest BCUT2D eigenvalue weighted by molar-refractivity contribution is -0.116. The normalized spacial score (nSPS) is 12.6. The third-order valence-electron chi connectivity index (χ3n) is 3.24. The topological polar surface area (TPSA) is 72.2 Å². The Labute approximate surface area is 117 Å². The summed E-state index contributed by atoms with van der Waals surface area (Å²) in [5, 5.41) is 15.6. The van der Waals surface area contributed by atoms with Crippen molar-refractivity contribution in [2.75, 3.05) is 6.54 Å². The van der Waals surface area contributed by atoms with Crippen molar-refractivity contribution < 1.29 is 4.79 Å². The van der Waals surface area contributed by atoms with E-state index in [-0.39, 0.29) is 11.8 Å². The first-order valence-corrected chi connectivity index (χ1v) is 6.62. The molecule has 0 aliphatic carbocycles. The number of nitrogens with zero attached hydrogens (tertiary/aromatic N) is 4. The number of hydrogen-bond donors (Lipinski definition) is 1. The molecule has 1 N–H and O–H groups in total. The molecule has 2 heterocycles. The fraction of sp³-hybridized carbons (Fsp3) is 0.429. The first-order chi connectivity index (χ1) is 9.52. The summed E-state index contributed by atoms with van der Waals surface area (Å²) in [6.45, 7) is 10.0. The van der Waals surface area contributed by atoms with Crippen molar-refractivity contribution in [3.8, 4) is 0 Å². The van der Waals surface area contributed by atoms with E-state index in [0.717, 1.165) is 11.5 Å². The van der Waals surface area contributed by atoms with Gasteiger partial charge in [0.2, 0.25) is 5.91 Å². The smallest absolute Gasteiger partial charge is 0.243 e. The van der Waals surface area contributed by atoms with Gasteiger partial charge in [0, 0.05) is 12.5 Å². The van der Waals surface area contributed by atoms with Gasteiger partial charge in [-0.25, -0.2) is 0 Å². The van der Waals surface area contributed by atoms with Crippen molar-refractivity contribution in [3.05, 3.63) is 36.3 Å². The zero-order valence-electron chi connectivity index (χ0n) is 12.0. The Bertz CT molecular complexity index is 632. The lowest BCUT2D eigenvalue weighted by Crippen LogP contribution is -2.30. The summed E-state index contributed by atoms with van der Waals surface area (Å²) in [7, 11) is 0. The van der Waals surface area contributed by atoms with Crippen LogP contribution in [0.5, 0.6) is 0 Å². The van der Waals surface area contributed by atoms with Crippen LogP contribution >= 0.6 is 0 Å². The van der Waals surface area contributed by atoms with Gasteiger partial charge in [-0.1, -0.05) is 20.4 Å². The quantitative estimate of drug-likeness (QED) is 0.837. The third kappa shape index (κ3) is 2.84. The summed E-state index contributed by atoms with van der Waals surface area (Å²) in [6.07, 6.45) is 1.27. The Kier molecular flexibility index (Phi) is 4.12. The van der Waals surface area contributed by atoms with Gasteiger partial charge in [-0.2, -0.15) is 9.61 Å². The molecule has 1 amide bonds. The number of aryl methyl sites for hydroxylation is 1. The molecule has 6 nitrogen and oxygen atoms in total. The minimum atomic E-state index is -0.186. The van der Waals surface area contributed by atoms with Gasteiger partial charge in [-0.05, 0) is 31.1 Å². The molecule has 0 saturated carbocycles. The predicted octanol–water partition coefficient (Wildman–Crippen LogP) is 1.47. The van der Waals surface area contributed by atoms with Crippen LogP contribution in [0.25, 0.3) is 5.65 Å². The maximum absolute atomic E-state index is 11.3. The number of amides is 1. The maximum atomic E-state index is 11.3. The molecule has 0 spiro atoms. The first-order valence-electron chi connectivity index (χ1n) is 6.62. The van der Waals surface area contributed by atoms with Crippen molar-refractivity contribution >= 4 is 11.6 Å². The minimum Gasteiger partial charge on any atom is -0.352 e. The minimum absolute atomic E-state index is 0.0446. The van der Waals surface area contributed by atoms with Crippen LogP contribution in [0.1, 0.15) is 31.3 Å². The SMILES string of the molecule is C=CC(=O)NCC(c1nnc2ccc(C)nn12)C(C)C. The number of fused-ring (bicyclic) bond motifs is 1. The van der Waals surface area contributed by atoms with Gasteiger partial charge in [0.1, 0.15) is 0 Å². The van der Waals surface area contributed by atoms with Gasteiger partial charge >= 0.3 is 0 Å². The molecule has 1 atom stereocenters. The fourth-order valence-corrected chi connectivity index (χ4v) is 2.04. The number of hydrogen-bond acceptors (Lipinski definition) is 4. The zero-order valence-corrected chi connectivity index (χ0v) is 12.0. The average Bonchev–Trinajstić information content (AvgIpc) is 2.81. The van der Waals surface area contributed by atoms with E-state index in [1.165, 1.54) is 6.08 Å². The Morgan fingerprint density at radius 3 is 2.85 bits per heavy atom. The number of carbonyl (C=O) groups is 1. The second-order valence-electron chi connectivity index (χ2n) is 5.10. The molecule has 0 bridgehead atoms. The Morgan fingerprint density at radius 1 is 1.45 bits per heavy atom. The van der Waals surface area contributed by atoms with E-state index in [9.17, 15) is 4.79 Å². The van der Waals surface area contributed by atoms with Gasteiger partial charge in [0.05, 0.1) is 5.69 Å². The Morgan fingerprint density at radius 2 is 2.20 bits per heavy atom. The molecule has 2 rings (SSSR count). The second kappa shape index (κ2) is 5.81. The lowest BCUT2D eigenvalue weighted by Gasteiger charge is -2.19. The largest absolute Gasteiger partial charge is 0.352 e. The van der Waals surface area contributed by atoms with Crippen molar-refractivity contribution in [2.24, 2.45) is 5.92 Å². The van der Waals surface area contributed by atoms with Crippen LogP contribution in [0.3, 0.4) is 0 Å². The summed E-state index contributed by atoms with van der Waals surface area (Å²) < 4.78 is 1.75. The molecule has 0 aliphatic heterocycles. The highest BCUT2D eigenvalue weighted by Crippen LogP contribution is 2.22. The molecule has 20 heavy (non-hydrogen) atoms. The fourth-order valence-electron chi connectivity index (χ4n) is 2.04. The van der Waals surface area contributed by atoms with E-state index in [1.54, 1.807) is 4.52 Å². The highest BCUT2D eigenvalue weighted by atomic mass is 16.1. The molecular weight excluding hydrogens is 254 g/mol. The standard InChI is InChI=1S/C14H19N5O/c1-5-13(20)15-8-11(9(2)3)14-17-16-12-7-6-10(4)18-19(12)14/h5-7,9,11H,1,8H2,2-4H3,(H,15,20). The highest BCUT2D eigenvalue weighted by molar-refractivity contribution is 5.86. The number of carbonyl (C=O) groups excluding carboxylic acids is 1. The van der Waals surface area contributed by atoms with Crippen LogP contribution in [-0.2, 0) is 4.79 Å². The summed E-state index contributed by atoms with van der Waals surface area (Å²) in [5.74, 6) is 0.926. The van der Waals surface area contributed by atoms with Gasteiger partial charge in [-0.3, -0.25) is 4.79 Å². The summed E-state index contributed by atoms with van der Waals surface area (Å²) >= 11 is 0. The average molecular weight is 273 g/mol. The maximum Gasteiger partial charge on any atom is 0.243 e. The molecule has 2 aromatic heterocycles. The number of rotatable bonds is 5. The number of aromatic nitrogens is 4. The monoisotopic (exact) mass is 273 g/mol. The van der Waals surface area contributed by atoms with Crippen LogP contribution in [-0.4, -0.2) is 32.3 Å². The highest BCUT2D eigenvalue weighted by Gasteiger charge is 2.22. The number of nitrogens with one attached hydrogen (secondary N) is 1. The molecule has 6 heteroatoms. The molecule has 0 saturated heterocycles. The molecule has 0 aliphatic rings. The van der Waals surface area contributed by atoms with Crippen molar-refractivity contribution in [1.82, 2.24) is 25.1 Å². The van der Waals surface area contributed by atoms with Crippen LogP contribution < -0.4 is 5.32 Å². The Hall–Kier alpha value is -2.24.